The van der Waals surface area contributed by atoms with E-state index in [1.165, 1.54) is 30.3 Å². The van der Waals surface area contributed by atoms with Gasteiger partial charge >= 0.3 is 0 Å². The third-order valence-electron chi connectivity index (χ3n) is 4.72. The van der Waals surface area contributed by atoms with Gasteiger partial charge in [-0.2, -0.15) is 0 Å². The van der Waals surface area contributed by atoms with Crippen molar-refractivity contribution in [3.8, 4) is 5.75 Å². The van der Waals surface area contributed by atoms with Gasteiger partial charge in [-0.3, -0.25) is 9.59 Å². The monoisotopic (exact) mass is 471 g/mol. The molecule has 0 saturated carbocycles. The maximum atomic E-state index is 13.3. The lowest BCUT2D eigenvalue weighted by atomic mass is 10.1. The lowest BCUT2D eigenvalue weighted by Crippen LogP contribution is -2.30. The predicted octanol–water partition coefficient (Wildman–Crippen LogP) is 6.52. The molecule has 162 valence electrons. The highest BCUT2D eigenvalue weighted by atomic mass is 35.5. The molecule has 8 heteroatoms. The first-order valence-electron chi connectivity index (χ1n) is 9.58. The van der Waals surface area contributed by atoms with E-state index in [0.29, 0.717) is 21.7 Å². The summed E-state index contributed by atoms with van der Waals surface area (Å²) in [6.45, 7) is 1.55. The van der Waals surface area contributed by atoms with Crippen LogP contribution in [-0.2, 0) is 4.79 Å². The van der Waals surface area contributed by atoms with Crippen LogP contribution in [0.3, 0.4) is 0 Å². The molecule has 0 spiro atoms. The van der Waals surface area contributed by atoms with Crippen LogP contribution in [-0.4, -0.2) is 17.8 Å². The zero-order chi connectivity index (χ0) is 22.8. The van der Waals surface area contributed by atoms with Crippen LogP contribution >= 0.6 is 23.2 Å². The van der Waals surface area contributed by atoms with Crippen molar-refractivity contribution in [1.29, 1.82) is 0 Å². The second-order valence-electron chi connectivity index (χ2n) is 6.96. The Hall–Kier alpha value is -3.35. The van der Waals surface area contributed by atoms with E-state index in [1.807, 2.05) is 0 Å². The number of benzene rings is 3. The number of hydrogen-bond acceptors (Lipinski definition) is 4. The Labute approximate surface area is 192 Å². The quantitative estimate of drug-likeness (QED) is 0.325. The first kappa shape index (κ1) is 21.9. The number of ketones is 1. The summed E-state index contributed by atoms with van der Waals surface area (Å²) < 4.78 is 24.7. The van der Waals surface area contributed by atoms with Crippen molar-refractivity contribution < 1.29 is 23.1 Å². The third kappa shape index (κ3) is 4.47. The molecule has 0 saturated heterocycles. The van der Waals surface area contributed by atoms with Crippen LogP contribution in [0.1, 0.15) is 23.0 Å². The van der Waals surface area contributed by atoms with Crippen molar-refractivity contribution in [3.63, 3.8) is 0 Å². The third-order valence-corrected chi connectivity index (χ3v) is 5.25. The molecule has 0 fully saturated rings. The van der Waals surface area contributed by atoms with Gasteiger partial charge in [0.05, 0.1) is 10.7 Å². The number of hydrogen-bond donors (Lipinski definition) is 1. The van der Waals surface area contributed by atoms with Crippen molar-refractivity contribution in [3.05, 3.63) is 93.9 Å². The molecule has 0 aliphatic rings. The van der Waals surface area contributed by atoms with E-state index in [-0.39, 0.29) is 22.0 Å². The van der Waals surface area contributed by atoms with Crippen molar-refractivity contribution in [1.82, 2.24) is 0 Å². The highest BCUT2D eigenvalue weighted by Crippen LogP contribution is 2.33. The lowest BCUT2D eigenvalue weighted by Gasteiger charge is -2.16. The van der Waals surface area contributed by atoms with E-state index in [4.69, 9.17) is 32.4 Å². The summed E-state index contributed by atoms with van der Waals surface area (Å²) in [5, 5.41) is 3.97. The molecule has 0 bridgehead atoms. The molecule has 1 heterocycles. The molecule has 32 heavy (non-hydrogen) atoms. The molecule has 1 unspecified atom stereocenters. The van der Waals surface area contributed by atoms with Gasteiger partial charge in [-0.05, 0) is 61.5 Å². The van der Waals surface area contributed by atoms with Gasteiger partial charge in [0, 0.05) is 16.0 Å². The van der Waals surface area contributed by atoms with Gasteiger partial charge in [-0.15, -0.1) is 0 Å². The minimum atomic E-state index is -0.948. The maximum absolute atomic E-state index is 13.3. The summed E-state index contributed by atoms with van der Waals surface area (Å²) in [6, 6.07) is 16.6. The van der Waals surface area contributed by atoms with Crippen molar-refractivity contribution in [2.45, 2.75) is 13.0 Å². The van der Waals surface area contributed by atoms with Crippen LogP contribution in [0.4, 0.5) is 10.1 Å². The molecule has 1 N–H and O–H groups in total. The van der Waals surface area contributed by atoms with Crippen molar-refractivity contribution in [2.75, 3.05) is 5.32 Å². The Balaban J connectivity index is 1.64. The smallest absolute Gasteiger partial charge is 0.265 e. The van der Waals surface area contributed by atoms with Gasteiger partial charge in [0.25, 0.3) is 5.91 Å². The van der Waals surface area contributed by atoms with Gasteiger partial charge in [-0.1, -0.05) is 35.3 Å². The van der Waals surface area contributed by atoms with Crippen LogP contribution in [0.25, 0.3) is 11.0 Å². The topological polar surface area (TPSA) is 68.5 Å². The summed E-state index contributed by atoms with van der Waals surface area (Å²) in [7, 11) is 0. The summed E-state index contributed by atoms with van der Waals surface area (Å²) in [6.07, 6.45) is -0.948. The number of para-hydroxylation sites is 1. The first-order valence-corrected chi connectivity index (χ1v) is 10.3. The zero-order valence-electron chi connectivity index (χ0n) is 16.7. The van der Waals surface area contributed by atoms with E-state index >= 15 is 0 Å². The Morgan fingerprint density at radius 2 is 1.75 bits per heavy atom. The Bertz CT molecular complexity index is 1320. The normalized spacial score (nSPS) is 11.9. The largest absolute Gasteiger partial charge is 0.479 e. The molecule has 0 aliphatic heterocycles. The zero-order valence-corrected chi connectivity index (χ0v) is 18.2. The molecular weight excluding hydrogens is 456 g/mol. The molecule has 5 nitrogen and oxygen atoms in total. The molecule has 0 radical (unpaired) electrons. The van der Waals surface area contributed by atoms with Crippen LogP contribution in [0, 0.1) is 5.82 Å². The maximum Gasteiger partial charge on any atom is 0.265 e. The molecule has 1 amide bonds. The molecular formula is C24H16Cl2FNO4. The van der Waals surface area contributed by atoms with Crippen LogP contribution in [0.2, 0.25) is 10.0 Å². The van der Waals surface area contributed by atoms with E-state index < -0.39 is 23.6 Å². The van der Waals surface area contributed by atoms with Gasteiger partial charge in [0.1, 0.15) is 17.1 Å². The summed E-state index contributed by atoms with van der Waals surface area (Å²) in [5.74, 6) is -1.26. The van der Waals surface area contributed by atoms with Crippen molar-refractivity contribution in [2.24, 2.45) is 0 Å². The molecule has 0 aliphatic carbocycles. The van der Waals surface area contributed by atoms with E-state index in [9.17, 15) is 14.0 Å². The van der Waals surface area contributed by atoms with Gasteiger partial charge in [0.15, 0.2) is 11.9 Å². The number of rotatable bonds is 6. The van der Waals surface area contributed by atoms with Crippen LogP contribution in [0.5, 0.6) is 5.75 Å². The SMILES string of the molecule is CC(Oc1ccc(Cl)cc1Cl)C(=O)Nc1c(C(=O)c2ccc(F)cc2)oc2ccccc12. The number of ether oxygens (including phenoxy) is 1. The fourth-order valence-electron chi connectivity index (χ4n) is 3.10. The van der Waals surface area contributed by atoms with Gasteiger partial charge in [0.2, 0.25) is 5.78 Å². The number of carbonyl (C=O) groups is 2. The Kier molecular flexibility index (Phi) is 6.17. The number of nitrogens with one attached hydrogen (secondary N) is 1. The molecule has 3 aromatic carbocycles. The summed E-state index contributed by atoms with van der Waals surface area (Å²) in [4.78, 5) is 25.9. The number of furan rings is 1. The second-order valence-corrected chi connectivity index (χ2v) is 7.81. The van der Waals surface area contributed by atoms with Crippen LogP contribution < -0.4 is 10.1 Å². The highest BCUT2D eigenvalue weighted by Gasteiger charge is 2.26. The molecule has 1 atom stereocenters. The van der Waals surface area contributed by atoms with E-state index in [2.05, 4.69) is 5.32 Å². The number of fused-ring (bicyclic) bond motifs is 1. The standard InChI is InChI=1S/C24H16Cl2FNO4/c1-13(31-20-11-8-15(25)12-18(20)26)24(30)28-21-17-4-2-3-5-19(17)32-23(21)22(29)14-6-9-16(27)10-7-14/h2-13H,1H3,(H,28,30). The Morgan fingerprint density at radius 3 is 2.47 bits per heavy atom. The summed E-state index contributed by atoms with van der Waals surface area (Å²) >= 11 is 12.0. The minimum Gasteiger partial charge on any atom is -0.479 e. The summed E-state index contributed by atoms with van der Waals surface area (Å²) in [5.41, 5.74) is 0.846. The minimum absolute atomic E-state index is 0.0668. The number of halogens is 3. The average molecular weight is 472 g/mol. The highest BCUT2D eigenvalue weighted by molar-refractivity contribution is 6.35. The number of carbonyl (C=O) groups excluding carboxylic acids is 2. The van der Waals surface area contributed by atoms with Crippen LogP contribution in [0.15, 0.2) is 71.1 Å². The lowest BCUT2D eigenvalue weighted by molar-refractivity contribution is -0.122. The number of amides is 1. The molecule has 4 rings (SSSR count). The fraction of sp³-hybridized carbons (Fsp3) is 0.0833. The Morgan fingerprint density at radius 1 is 1.03 bits per heavy atom. The number of anilines is 1. The second kappa shape index (κ2) is 9.02. The van der Waals surface area contributed by atoms with E-state index in [1.54, 1.807) is 43.3 Å². The predicted molar refractivity (Wildman–Crippen MR) is 121 cm³/mol. The van der Waals surface area contributed by atoms with E-state index in [0.717, 1.165) is 0 Å². The van der Waals surface area contributed by atoms with Crippen molar-refractivity contribution >= 4 is 51.5 Å². The molecule has 1 aromatic heterocycles. The first-order chi connectivity index (χ1) is 15.3. The van der Waals surface area contributed by atoms with Gasteiger partial charge in [-0.25, -0.2) is 4.39 Å². The fourth-order valence-corrected chi connectivity index (χ4v) is 3.55. The van der Waals surface area contributed by atoms with Gasteiger partial charge < -0.3 is 14.5 Å². The molecule has 4 aromatic rings. The average Bonchev–Trinajstić information content (AvgIpc) is 3.14.